The first kappa shape index (κ1) is 17.7. The Labute approximate surface area is 157 Å². The first-order valence-electron chi connectivity index (χ1n) is 9.42. The number of aryl methyl sites for hydroxylation is 1. The van der Waals surface area contributed by atoms with Gasteiger partial charge in [-0.1, -0.05) is 31.2 Å². The monoisotopic (exact) mass is 367 g/mol. The summed E-state index contributed by atoms with van der Waals surface area (Å²) in [4.78, 5) is 21.8. The molecule has 1 aliphatic carbocycles. The number of fused-ring (bicyclic) bond motifs is 1. The predicted octanol–water partition coefficient (Wildman–Crippen LogP) is 2.24. The molecular formula is C20H25N5O2. The standard InChI is InChI=1S/C20H25N5O2/c1-4-12-5-7-13(8-6-12)17(14-9-10-14)25-18-16(15(11-26)23-25)19(27)22-20(21-18)24(2)3/h5-8,14,17,26H,4,9-11H2,1-3H3,(H,21,22,27). The van der Waals surface area contributed by atoms with Gasteiger partial charge in [0.25, 0.3) is 5.56 Å². The lowest BCUT2D eigenvalue weighted by Gasteiger charge is -2.19. The lowest BCUT2D eigenvalue weighted by atomic mass is 10.0. The van der Waals surface area contributed by atoms with Crippen molar-refractivity contribution in [1.29, 1.82) is 0 Å². The molecule has 0 aliphatic heterocycles. The molecule has 1 fully saturated rings. The Bertz CT molecular complexity index is 1020. The van der Waals surface area contributed by atoms with Gasteiger partial charge >= 0.3 is 0 Å². The maximum atomic E-state index is 12.6. The number of aromatic amines is 1. The number of nitrogens with zero attached hydrogens (tertiary/aromatic N) is 4. The van der Waals surface area contributed by atoms with Gasteiger partial charge in [-0.3, -0.25) is 9.78 Å². The zero-order valence-corrected chi connectivity index (χ0v) is 15.9. The van der Waals surface area contributed by atoms with Crippen LogP contribution < -0.4 is 10.5 Å². The molecule has 0 spiro atoms. The van der Waals surface area contributed by atoms with Crippen LogP contribution in [0.4, 0.5) is 5.95 Å². The highest BCUT2D eigenvalue weighted by molar-refractivity contribution is 5.78. The lowest BCUT2D eigenvalue weighted by molar-refractivity contribution is 0.275. The molecule has 2 N–H and O–H groups in total. The largest absolute Gasteiger partial charge is 0.390 e. The van der Waals surface area contributed by atoms with Gasteiger partial charge in [0, 0.05) is 14.1 Å². The normalized spacial score (nSPS) is 15.3. The molecule has 0 radical (unpaired) electrons. The lowest BCUT2D eigenvalue weighted by Crippen LogP contribution is -2.20. The minimum Gasteiger partial charge on any atom is -0.390 e. The minimum absolute atomic E-state index is 0.0167. The molecule has 7 nitrogen and oxygen atoms in total. The van der Waals surface area contributed by atoms with Crippen molar-refractivity contribution in [2.24, 2.45) is 5.92 Å². The van der Waals surface area contributed by atoms with E-state index >= 15 is 0 Å². The fourth-order valence-corrected chi connectivity index (χ4v) is 3.60. The van der Waals surface area contributed by atoms with Crippen LogP contribution in [0.1, 0.15) is 42.6 Å². The van der Waals surface area contributed by atoms with Crippen LogP contribution in [0.15, 0.2) is 29.1 Å². The Balaban J connectivity index is 1.92. The number of hydrogen-bond donors (Lipinski definition) is 2. The Morgan fingerprint density at radius 3 is 2.56 bits per heavy atom. The maximum absolute atomic E-state index is 12.6. The van der Waals surface area contributed by atoms with Crippen molar-refractivity contribution in [2.75, 3.05) is 19.0 Å². The zero-order valence-electron chi connectivity index (χ0n) is 15.9. The quantitative estimate of drug-likeness (QED) is 0.698. The van der Waals surface area contributed by atoms with E-state index in [-0.39, 0.29) is 18.2 Å². The van der Waals surface area contributed by atoms with Gasteiger partial charge in [0.2, 0.25) is 5.95 Å². The third-order valence-electron chi connectivity index (χ3n) is 5.26. The van der Waals surface area contributed by atoms with Gasteiger partial charge in [0.15, 0.2) is 5.65 Å². The van der Waals surface area contributed by atoms with Crippen molar-refractivity contribution in [3.63, 3.8) is 0 Å². The van der Waals surface area contributed by atoms with Crippen LogP contribution in [0, 0.1) is 5.92 Å². The molecule has 0 saturated heterocycles. The summed E-state index contributed by atoms with van der Waals surface area (Å²) in [5.74, 6) is 0.949. The zero-order chi connectivity index (χ0) is 19.1. The molecule has 142 valence electrons. The molecule has 4 rings (SSSR count). The summed E-state index contributed by atoms with van der Waals surface area (Å²) < 4.78 is 1.85. The van der Waals surface area contributed by atoms with Crippen LogP contribution >= 0.6 is 0 Å². The summed E-state index contributed by atoms with van der Waals surface area (Å²) in [6.45, 7) is 1.85. The SMILES string of the molecule is CCc1ccc(C(C2CC2)n2nc(CO)c3c(=O)[nH]c(N(C)C)nc32)cc1. The summed E-state index contributed by atoms with van der Waals surface area (Å²) in [5.41, 5.74) is 3.09. The number of aliphatic hydroxyl groups is 1. The van der Waals surface area contributed by atoms with E-state index < -0.39 is 0 Å². The van der Waals surface area contributed by atoms with Crippen LogP contribution in [0.5, 0.6) is 0 Å². The first-order chi connectivity index (χ1) is 13.0. The van der Waals surface area contributed by atoms with Gasteiger partial charge < -0.3 is 10.0 Å². The van der Waals surface area contributed by atoms with E-state index in [1.165, 1.54) is 5.56 Å². The van der Waals surface area contributed by atoms with E-state index in [4.69, 9.17) is 0 Å². The molecule has 2 aromatic heterocycles. The molecule has 1 unspecified atom stereocenters. The number of hydrogen-bond acceptors (Lipinski definition) is 5. The molecule has 3 aromatic rings. The number of anilines is 1. The van der Waals surface area contributed by atoms with Gasteiger partial charge in [-0.2, -0.15) is 10.1 Å². The van der Waals surface area contributed by atoms with Crippen molar-refractivity contribution >= 4 is 17.0 Å². The van der Waals surface area contributed by atoms with Gasteiger partial charge in [0.05, 0.1) is 12.6 Å². The number of aliphatic hydroxyl groups excluding tert-OH is 1. The number of H-pyrrole nitrogens is 1. The Morgan fingerprint density at radius 2 is 2.00 bits per heavy atom. The van der Waals surface area contributed by atoms with Crippen molar-refractivity contribution in [3.8, 4) is 0 Å². The summed E-state index contributed by atoms with van der Waals surface area (Å²) in [7, 11) is 3.67. The number of aromatic nitrogens is 4. The molecule has 1 aromatic carbocycles. The molecule has 27 heavy (non-hydrogen) atoms. The maximum Gasteiger partial charge on any atom is 0.263 e. The molecule has 7 heteroatoms. The van der Waals surface area contributed by atoms with Crippen LogP contribution in [0.3, 0.4) is 0 Å². The van der Waals surface area contributed by atoms with Gasteiger partial charge in [0.1, 0.15) is 11.1 Å². The second-order valence-corrected chi connectivity index (χ2v) is 7.41. The number of benzene rings is 1. The highest BCUT2D eigenvalue weighted by atomic mass is 16.3. The van der Waals surface area contributed by atoms with Crippen LogP contribution in [0.25, 0.3) is 11.0 Å². The molecule has 2 heterocycles. The number of rotatable bonds is 6. The van der Waals surface area contributed by atoms with Crippen LogP contribution in [0.2, 0.25) is 0 Å². The molecule has 1 saturated carbocycles. The van der Waals surface area contributed by atoms with E-state index in [0.717, 1.165) is 24.8 Å². The van der Waals surface area contributed by atoms with E-state index in [0.29, 0.717) is 28.6 Å². The molecule has 0 amide bonds. The van der Waals surface area contributed by atoms with E-state index in [1.54, 1.807) is 4.90 Å². The average molecular weight is 367 g/mol. The second kappa shape index (κ2) is 6.81. The third kappa shape index (κ3) is 3.12. The Morgan fingerprint density at radius 1 is 1.30 bits per heavy atom. The minimum atomic E-state index is -0.290. The van der Waals surface area contributed by atoms with E-state index in [1.807, 2.05) is 18.8 Å². The molecular weight excluding hydrogens is 342 g/mol. The van der Waals surface area contributed by atoms with Crippen molar-refractivity contribution in [2.45, 2.75) is 38.8 Å². The van der Waals surface area contributed by atoms with Crippen molar-refractivity contribution in [1.82, 2.24) is 19.7 Å². The van der Waals surface area contributed by atoms with Crippen molar-refractivity contribution in [3.05, 3.63) is 51.4 Å². The fourth-order valence-electron chi connectivity index (χ4n) is 3.60. The summed E-state index contributed by atoms with van der Waals surface area (Å²) in [6.07, 6.45) is 3.25. The molecule has 1 aliphatic rings. The third-order valence-corrected chi connectivity index (χ3v) is 5.26. The summed E-state index contributed by atoms with van der Waals surface area (Å²) in [5, 5.41) is 14.7. The second-order valence-electron chi connectivity index (χ2n) is 7.41. The van der Waals surface area contributed by atoms with E-state index in [2.05, 4.69) is 46.3 Å². The summed E-state index contributed by atoms with van der Waals surface area (Å²) in [6, 6.07) is 8.61. The topological polar surface area (TPSA) is 87.0 Å². The predicted molar refractivity (Wildman–Crippen MR) is 105 cm³/mol. The van der Waals surface area contributed by atoms with Crippen LogP contribution in [-0.2, 0) is 13.0 Å². The summed E-state index contributed by atoms with van der Waals surface area (Å²) >= 11 is 0. The first-order valence-corrected chi connectivity index (χ1v) is 9.42. The van der Waals surface area contributed by atoms with Crippen molar-refractivity contribution < 1.29 is 5.11 Å². The van der Waals surface area contributed by atoms with Gasteiger partial charge in [-0.05, 0) is 36.3 Å². The molecule has 0 bridgehead atoms. The van der Waals surface area contributed by atoms with E-state index in [9.17, 15) is 9.90 Å². The average Bonchev–Trinajstić information content (AvgIpc) is 3.43. The number of nitrogens with one attached hydrogen (secondary N) is 1. The van der Waals surface area contributed by atoms with Crippen LogP contribution in [-0.4, -0.2) is 39.0 Å². The fraction of sp³-hybridized carbons (Fsp3) is 0.450. The smallest absolute Gasteiger partial charge is 0.263 e. The van der Waals surface area contributed by atoms with Gasteiger partial charge in [-0.25, -0.2) is 4.68 Å². The highest BCUT2D eigenvalue weighted by Crippen LogP contribution is 2.44. The highest BCUT2D eigenvalue weighted by Gasteiger charge is 2.36. The Hall–Kier alpha value is -2.67. The molecule has 1 atom stereocenters. The van der Waals surface area contributed by atoms with Gasteiger partial charge in [-0.15, -0.1) is 0 Å². The Kier molecular flexibility index (Phi) is 4.47.